The predicted octanol–water partition coefficient (Wildman–Crippen LogP) is 0.326. The van der Waals surface area contributed by atoms with Gasteiger partial charge in [0.15, 0.2) is 0 Å². The maximum Gasteiger partial charge on any atom is 0.242 e. The SMILES string of the molecule is CCCC(C)(N)C(=O)N1CCCNCC1. The first-order chi connectivity index (χ1) is 7.08. The Morgan fingerprint density at radius 1 is 1.47 bits per heavy atom. The highest BCUT2D eigenvalue weighted by Crippen LogP contribution is 2.13. The van der Waals surface area contributed by atoms with E-state index in [4.69, 9.17) is 5.73 Å². The maximum absolute atomic E-state index is 12.1. The largest absolute Gasteiger partial charge is 0.340 e. The number of nitrogens with two attached hydrogens (primary N) is 1. The summed E-state index contributed by atoms with van der Waals surface area (Å²) in [5.74, 6) is 0.105. The van der Waals surface area contributed by atoms with E-state index in [0.29, 0.717) is 0 Å². The Labute approximate surface area is 92.2 Å². The molecule has 0 aliphatic carbocycles. The van der Waals surface area contributed by atoms with Gasteiger partial charge < -0.3 is 16.0 Å². The van der Waals surface area contributed by atoms with Crippen LogP contribution in [0, 0.1) is 0 Å². The molecule has 0 bridgehead atoms. The number of nitrogens with one attached hydrogen (secondary N) is 1. The van der Waals surface area contributed by atoms with E-state index >= 15 is 0 Å². The van der Waals surface area contributed by atoms with Crippen LogP contribution in [0.15, 0.2) is 0 Å². The van der Waals surface area contributed by atoms with Crippen molar-refractivity contribution in [3.05, 3.63) is 0 Å². The molecule has 1 heterocycles. The van der Waals surface area contributed by atoms with E-state index in [1.165, 1.54) is 0 Å². The molecule has 1 aliphatic rings. The molecule has 3 N–H and O–H groups in total. The number of amides is 1. The van der Waals surface area contributed by atoms with Gasteiger partial charge in [0.1, 0.15) is 0 Å². The first kappa shape index (κ1) is 12.5. The van der Waals surface area contributed by atoms with E-state index in [1.807, 2.05) is 11.8 Å². The third kappa shape index (κ3) is 3.47. The second kappa shape index (κ2) is 5.47. The summed E-state index contributed by atoms with van der Waals surface area (Å²) in [6, 6.07) is 0. The molecule has 1 aliphatic heterocycles. The van der Waals surface area contributed by atoms with Gasteiger partial charge >= 0.3 is 0 Å². The number of carbonyl (C=O) groups is 1. The molecule has 0 radical (unpaired) electrons. The lowest BCUT2D eigenvalue weighted by Gasteiger charge is -2.30. The smallest absolute Gasteiger partial charge is 0.242 e. The Morgan fingerprint density at radius 3 is 2.87 bits per heavy atom. The molecular formula is C11H23N3O. The lowest BCUT2D eigenvalue weighted by atomic mass is 9.95. The highest BCUT2D eigenvalue weighted by molar-refractivity contribution is 5.85. The van der Waals surface area contributed by atoms with Gasteiger partial charge in [-0.2, -0.15) is 0 Å². The number of rotatable bonds is 3. The van der Waals surface area contributed by atoms with Crippen molar-refractivity contribution in [2.75, 3.05) is 26.2 Å². The number of hydrogen-bond acceptors (Lipinski definition) is 3. The van der Waals surface area contributed by atoms with Crippen molar-refractivity contribution >= 4 is 5.91 Å². The molecule has 0 aromatic heterocycles. The van der Waals surface area contributed by atoms with Crippen LogP contribution in [0.3, 0.4) is 0 Å². The Balaban J connectivity index is 2.56. The molecule has 0 saturated carbocycles. The number of hydrogen-bond donors (Lipinski definition) is 2. The van der Waals surface area contributed by atoms with Crippen molar-refractivity contribution in [3.8, 4) is 0 Å². The molecule has 0 aromatic carbocycles. The minimum atomic E-state index is -0.681. The zero-order valence-electron chi connectivity index (χ0n) is 9.88. The van der Waals surface area contributed by atoms with Crippen molar-refractivity contribution in [1.82, 2.24) is 10.2 Å². The summed E-state index contributed by atoms with van der Waals surface area (Å²) in [6.45, 7) is 7.41. The van der Waals surface area contributed by atoms with E-state index in [2.05, 4.69) is 12.2 Å². The molecule has 15 heavy (non-hydrogen) atoms. The Hall–Kier alpha value is -0.610. The van der Waals surface area contributed by atoms with Crippen LogP contribution in [0.1, 0.15) is 33.1 Å². The van der Waals surface area contributed by atoms with Gasteiger partial charge in [-0.15, -0.1) is 0 Å². The monoisotopic (exact) mass is 213 g/mol. The minimum absolute atomic E-state index is 0.105. The quantitative estimate of drug-likeness (QED) is 0.710. The minimum Gasteiger partial charge on any atom is -0.340 e. The van der Waals surface area contributed by atoms with E-state index in [9.17, 15) is 4.79 Å². The highest BCUT2D eigenvalue weighted by atomic mass is 16.2. The van der Waals surface area contributed by atoms with E-state index in [1.54, 1.807) is 0 Å². The molecule has 4 nitrogen and oxygen atoms in total. The van der Waals surface area contributed by atoms with Crippen LogP contribution in [-0.4, -0.2) is 42.5 Å². The third-order valence-corrected chi connectivity index (χ3v) is 2.89. The van der Waals surface area contributed by atoms with Crippen LogP contribution in [0.25, 0.3) is 0 Å². The summed E-state index contributed by atoms with van der Waals surface area (Å²) in [5, 5.41) is 3.28. The predicted molar refractivity (Wildman–Crippen MR) is 61.6 cm³/mol. The van der Waals surface area contributed by atoms with E-state index in [-0.39, 0.29) is 5.91 Å². The van der Waals surface area contributed by atoms with Gasteiger partial charge in [0.2, 0.25) is 5.91 Å². The van der Waals surface area contributed by atoms with Gasteiger partial charge in [-0.05, 0) is 26.3 Å². The maximum atomic E-state index is 12.1. The number of carbonyl (C=O) groups excluding carboxylic acids is 1. The molecule has 1 saturated heterocycles. The lowest BCUT2D eigenvalue weighted by Crippen LogP contribution is -2.53. The fourth-order valence-electron chi connectivity index (χ4n) is 2.04. The summed E-state index contributed by atoms with van der Waals surface area (Å²) in [4.78, 5) is 14.0. The van der Waals surface area contributed by atoms with Crippen molar-refractivity contribution in [2.45, 2.75) is 38.6 Å². The van der Waals surface area contributed by atoms with Crippen LogP contribution >= 0.6 is 0 Å². The standard InChI is InChI=1S/C11H23N3O/c1-3-5-11(2,12)10(15)14-8-4-6-13-7-9-14/h13H,3-9,12H2,1-2H3. The Morgan fingerprint density at radius 2 is 2.20 bits per heavy atom. The fraction of sp³-hybridized carbons (Fsp3) is 0.909. The van der Waals surface area contributed by atoms with Gasteiger partial charge in [-0.3, -0.25) is 4.79 Å². The second-order valence-corrected chi connectivity index (χ2v) is 4.56. The van der Waals surface area contributed by atoms with Gasteiger partial charge in [0, 0.05) is 19.6 Å². The molecule has 1 atom stereocenters. The molecular weight excluding hydrogens is 190 g/mol. The Bertz CT molecular complexity index is 208. The molecule has 1 unspecified atom stereocenters. The average Bonchev–Trinajstić information content (AvgIpc) is 2.44. The van der Waals surface area contributed by atoms with Crippen LogP contribution < -0.4 is 11.1 Å². The summed E-state index contributed by atoms with van der Waals surface area (Å²) in [5.41, 5.74) is 5.36. The van der Waals surface area contributed by atoms with Crippen molar-refractivity contribution in [3.63, 3.8) is 0 Å². The average molecular weight is 213 g/mol. The summed E-state index contributed by atoms with van der Waals surface area (Å²) in [7, 11) is 0. The molecule has 1 amide bonds. The first-order valence-corrected chi connectivity index (χ1v) is 5.87. The molecule has 0 spiro atoms. The van der Waals surface area contributed by atoms with Crippen LogP contribution in [0.4, 0.5) is 0 Å². The third-order valence-electron chi connectivity index (χ3n) is 2.89. The van der Waals surface area contributed by atoms with Crippen LogP contribution in [-0.2, 0) is 4.79 Å². The summed E-state index contributed by atoms with van der Waals surface area (Å²) < 4.78 is 0. The van der Waals surface area contributed by atoms with E-state index in [0.717, 1.165) is 45.4 Å². The van der Waals surface area contributed by atoms with Crippen molar-refractivity contribution in [2.24, 2.45) is 5.73 Å². The topological polar surface area (TPSA) is 58.4 Å². The zero-order valence-corrected chi connectivity index (χ0v) is 9.88. The van der Waals surface area contributed by atoms with E-state index < -0.39 is 5.54 Å². The first-order valence-electron chi connectivity index (χ1n) is 5.87. The zero-order chi connectivity index (χ0) is 11.3. The molecule has 1 rings (SSSR count). The summed E-state index contributed by atoms with van der Waals surface area (Å²) in [6.07, 6.45) is 2.73. The van der Waals surface area contributed by atoms with Crippen LogP contribution in [0.2, 0.25) is 0 Å². The van der Waals surface area contributed by atoms with Gasteiger partial charge in [-0.25, -0.2) is 0 Å². The lowest BCUT2D eigenvalue weighted by molar-refractivity contribution is -0.136. The van der Waals surface area contributed by atoms with Crippen molar-refractivity contribution < 1.29 is 4.79 Å². The molecule has 4 heteroatoms. The van der Waals surface area contributed by atoms with Crippen LogP contribution in [0.5, 0.6) is 0 Å². The molecule has 88 valence electrons. The Kier molecular flexibility index (Phi) is 4.54. The van der Waals surface area contributed by atoms with Gasteiger partial charge in [0.25, 0.3) is 0 Å². The molecule has 1 fully saturated rings. The normalized spacial score (nSPS) is 21.9. The molecule has 0 aromatic rings. The summed E-state index contributed by atoms with van der Waals surface area (Å²) >= 11 is 0. The van der Waals surface area contributed by atoms with Crippen molar-refractivity contribution in [1.29, 1.82) is 0 Å². The number of nitrogens with zero attached hydrogens (tertiary/aromatic N) is 1. The fourth-order valence-corrected chi connectivity index (χ4v) is 2.04. The van der Waals surface area contributed by atoms with Gasteiger partial charge in [-0.1, -0.05) is 13.3 Å². The highest BCUT2D eigenvalue weighted by Gasteiger charge is 2.31. The van der Waals surface area contributed by atoms with Gasteiger partial charge in [0.05, 0.1) is 5.54 Å². The second-order valence-electron chi connectivity index (χ2n) is 4.56.